The van der Waals surface area contributed by atoms with Gasteiger partial charge in [0, 0.05) is 17.1 Å². The van der Waals surface area contributed by atoms with Crippen LogP contribution in [0.2, 0.25) is 0 Å². The van der Waals surface area contributed by atoms with Gasteiger partial charge in [-0.2, -0.15) is 0 Å². The molecule has 3 nitrogen and oxygen atoms in total. The number of rotatable bonds is 9. The van der Waals surface area contributed by atoms with Gasteiger partial charge in [-0.1, -0.05) is 80.6 Å². The van der Waals surface area contributed by atoms with E-state index in [9.17, 15) is 4.79 Å². The fourth-order valence-electron chi connectivity index (χ4n) is 3.33. The van der Waals surface area contributed by atoms with Gasteiger partial charge in [-0.3, -0.25) is 0 Å². The average Bonchev–Trinajstić information content (AvgIpc) is 2.74. The number of hydrogen-bond acceptors (Lipinski definition) is 4. The summed E-state index contributed by atoms with van der Waals surface area (Å²) in [6.45, 7) is 4.53. The van der Waals surface area contributed by atoms with Crippen molar-refractivity contribution in [1.82, 2.24) is 0 Å². The standard InChI is InChI=1S/C25H28O3S/c1-18(2)21-14-8-9-15-23(21)29-24-20(13-7-4-10-16-26)17-22(28-25(24)27)19-11-5-3-6-12-19/h3,5-6,8-9,11-12,14-15,17-18,26H,4,7,10,13,16H2,1-2H3. The van der Waals surface area contributed by atoms with Crippen LogP contribution in [0.4, 0.5) is 0 Å². The summed E-state index contributed by atoms with van der Waals surface area (Å²) in [6.07, 6.45) is 3.44. The normalized spacial score (nSPS) is 11.2. The van der Waals surface area contributed by atoms with Crippen LogP contribution in [0.5, 0.6) is 0 Å². The molecule has 2 aromatic carbocycles. The van der Waals surface area contributed by atoms with E-state index >= 15 is 0 Å². The van der Waals surface area contributed by atoms with Crippen molar-refractivity contribution in [1.29, 1.82) is 0 Å². The molecule has 0 saturated carbocycles. The highest BCUT2D eigenvalue weighted by atomic mass is 32.2. The van der Waals surface area contributed by atoms with Gasteiger partial charge < -0.3 is 9.52 Å². The summed E-state index contributed by atoms with van der Waals surface area (Å²) in [7, 11) is 0. The van der Waals surface area contributed by atoms with Crippen LogP contribution in [0.3, 0.4) is 0 Å². The number of aliphatic hydroxyl groups excluding tert-OH is 1. The maximum atomic E-state index is 13.0. The molecule has 152 valence electrons. The number of unbranched alkanes of at least 4 members (excludes halogenated alkanes) is 2. The van der Waals surface area contributed by atoms with Gasteiger partial charge in [-0.15, -0.1) is 0 Å². The lowest BCUT2D eigenvalue weighted by Crippen LogP contribution is -2.08. The van der Waals surface area contributed by atoms with E-state index in [-0.39, 0.29) is 12.2 Å². The lowest BCUT2D eigenvalue weighted by Gasteiger charge is -2.14. The monoisotopic (exact) mass is 408 g/mol. The minimum absolute atomic E-state index is 0.204. The molecule has 0 saturated heterocycles. The highest BCUT2D eigenvalue weighted by molar-refractivity contribution is 7.99. The molecule has 0 fully saturated rings. The van der Waals surface area contributed by atoms with E-state index in [1.165, 1.54) is 17.3 Å². The molecule has 29 heavy (non-hydrogen) atoms. The van der Waals surface area contributed by atoms with E-state index in [2.05, 4.69) is 26.0 Å². The topological polar surface area (TPSA) is 50.4 Å². The molecule has 3 aromatic rings. The molecule has 0 unspecified atom stereocenters. The van der Waals surface area contributed by atoms with Crippen molar-refractivity contribution in [2.45, 2.75) is 55.2 Å². The Balaban J connectivity index is 1.99. The molecule has 0 aliphatic carbocycles. The molecule has 0 radical (unpaired) electrons. The molecule has 0 amide bonds. The first-order valence-corrected chi connectivity index (χ1v) is 11.0. The van der Waals surface area contributed by atoms with Gasteiger partial charge >= 0.3 is 5.63 Å². The van der Waals surface area contributed by atoms with Crippen LogP contribution in [0.15, 0.2) is 79.7 Å². The first-order chi connectivity index (χ1) is 14.1. The Morgan fingerprint density at radius 1 is 0.966 bits per heavy atom. The Hall–Kier alpha value is -2.30. The largest absolute Gasteiger partial charge is 0.422 e. The number of hydrogen-bond donors (Lipinski definition) is 1. The SMILES string of the molecule is CC(C)c1ccccc1Sc1c(CCCCCO)cc(-c2ccccc2)oc1=O. The quantitative estimate of drug-likeness (QED) is 0.423. The number of benzene rings is 2. The van der Waals surface area contributed by atoms with Crippen LogP contribution in [-0.4, -0.2) is 11.7 Å². The molecule has 1 aromatic heterocycles. The summed E-state index contributed by atoms with van der Waals surface area (Å²) in [5.41, 5.74) is 2.87. The number of aryl methyl sites for hydroxylation is 1. The van der Waals surface area contributed by atoms with Crippen molar-refractivity contribution >= 4 is 11.8 Å². The molecule has 0 bridgehead atoms. The maximum Gasteiger partial charge on any atom is 0.350 e. The third-order valence-corrected chi connectivity index (χ3v) is 6.13. The van der Waals surface area contributed by atoms with Crippen LogP contribution in [0.1, 0.15) is 50.2 Å². The molecule has 0 aliphatic heterocycles. The van der Waals surface area contributed by atoms with Crippen LogP contribution >= 0.6 is 11.8 Å². The zero-order valence-electron chi connectivity index (χ0n) is 17.1. The maximum absolute atomic E-state index is 13.0. The van der Waals surface area contributed by atoms with Crippen molar-refractivity contribution in [2.75, 3.05) is 6.61 Å². The van der Waals surface area contributed by atoms with Crippen molar-refractivity contribution in [2.24, 2.45) is 0 Å². The molecule has 0 atom stereocenters. The van der Waals surface area contributed by atoms with Crippen LogP contribution in [0.25, 0.3) is 11.3 Å². The Labute approximate surface area is 176 Å². The zero-order valence-corrected chi connectivity index (χ0v) is 17.9. The Bertz CT molecular complexity index is 977. The summed E-state index contributed by atoms with van der Waals surface area (Å²) in [6, 6.07) is 20.0. The third kappa shape index (κ3) is 5.62. The lowest BCUT2D eigenvalue weighted by molar-refractivity contribution is 0.283. The second-order valence-corrected chi connectivity index (χ2v) is 8.50. The van der Waals surface area contributed by atoms with Gasteiger partial charge in [0.2, 0.25) is 0 Å². The molecule has 0 spiro atoms. The van der Waals surface area contributed by atoms with Gasteiger partial charge in [0.1, 0.15) is 10.7 Å². The molecular weight excluding hydrogens is 380 g/mol. The summed E-state index contributed by atoms with van der Waals surface area (Å²) < 4.78 is 5.72. The van der Waals surface area contributed by atoms with Gasteiger partial charge in [0.25, 0.3) is 0 Å². The van der Waals surface area contributed by atoms with E-state index < -0.39 is 0 Å². The van der Waals surface area contributed by atoms with E-state index in [1.807, 2.05) is 48.5 Å². The smallest absolute Gasteiger partial charge is 0.350 e. The summed E-state index contributed by atoms with van der Waals surface area (Å²) in [5.74, 6) is 0.983. The summed E-state index contributed by atoms with van der Waals surface area (Å²) in [5, 5.41) is 9.06. The summed E-state index contributed by atoms with van der Waals surface area (Å²) in [4.78, 5) is 14.7. The van der Waals surface area contributed by atoms with E-state index in [4.69, 9.17) is 9.52 Å². The fraction of sp³-hybridized carbons (Fsp3) is 0.320. The van der Waals surface area contributed by atoms with Gasteiger partial charge in [0.15, 0.2) is 0 Å². The lowest BCUT2D eigenvalue weighted by atomic mass is 10.0. The third-order valence-electron chi connectivity index (χ3n) is 4.90. The highest BCUT2D eigenvalue weighted by Crippen LogP contribution is 2.35. The fourth-order valence-corrected chi connectivity index (χ4v) is 4.54. The van der Waals surface area contributed by atoms with Gasteiger partial charge in [0.05, 0.1) is 0 Å². The van der Waals surface area contributed by atoms with Crippen LogP contribution < -0.4 is 5.63 Å². The van der Waals surface area contributed by atoms with Crippen molar-refractivity contribution in [3.63, 3.8) is 0 Å². The molecule has 4 heteroatoms. The Kier molecular flexibility index (Phi) is 7.73. The molecule has 0 aliphatic rings. The van der Waals surface area contributed by atoms with Crippen molar-refractivity contribution in [3.8, 4) is 11.3 Å². The second kappa shape index (κ2) is 10.5. The van der Waals surface area contributed by atoms with Crippen molar-refractivity contribution in [3.05, 3.63) is 82.2 Å². The van der Waals surface area contributed by atoms with E-state index in [0.29, 0.717) is 16.6 Å². The second-order valence-electron chi connectivity index (χ2n) is 7.45. The number of aliphatic hydroxyl groups is 1. The Morgan fingerprint density at radius 3 is 2.41 bits per heavy atom. The minimum atomic E-state index is -0.285. The zero-order chi connectivity index (χ0) is 20.6. The summed E-state index contributed by atoms with van der Waals surface area (Å²) >= 11 is 1.51. The minimum Gasteiger partial charge on any atom is -0.422 e. The first kappa shape index (κ1) is 21.4. The van der Waals surface area contributed by atoms with Crippen LogP contribution in [0, 0.1) is 0 Å². The van der Waals surface area contributed by atoms with Crippen molar-refractivity contribution < 1.29 is 9.52 Å². The molecular formula is C25H28O3S. The Morgan fingerprint density at radius 2 is 1.69 bits per heavy atom. The van der Waals surface area contributed by atoms with Crippen LogP contribution in [-0.2, 0) is 6.42 Å². The van der Waals surface area contributed by atoms with E-state index in [1.54, 1.807) is 0 Å². The predicted molar refractivity (Wildman–Crippen MR) is 120 cm³/mol. The van der Waals surface area contributed by atoms with Gasteiger partial charge in [-0.05, 0) is 48.4 Å². The average molecular weight is 409 g/mol. The highest BCUT2D eigenvalue weighted by Gasteiger charge is 2.16. The molecule has 1 heterocycles. The van der Waals surface area contributed by atoms with Gasteiger partial charge in [-0.25, -0.2) is 4.79 Å². The predicted octanol–water partition coefficient (Wildman–Crippen LogP) is 6.29. The molecule has 3 rings (SSSR count). The molecule has 1 N–H and O–H groups in total. The first-order valence-electron chi connectivity index (χ1n) is 10.2. The van der Waals surface area contributed by atoms with E-state index in [0.717, 1.165) is 41.7 Å².